The van der Waals surface area contributed by atoms with Gasteiger partial charge in [0.25, 0.3) is 0 Å². The van der Waals surface area contributed by atoms with Crippen LogP contribution in [0.2, 0.25) is 10.2 Å². The molecule has 2 N–H and O–H groups in total. The maximum atomic E-state index is 12.2. The number of aryl methyl sites for hydroxylation is 1. The fraction of sp³-hybridized carbons (Fsp3) is 0.105. The van der Waals surface area contributed by atoms with Crippen molar-refractivity contribution < 1.29 is 24.5 Å². The van der Waals surface area contributed by atoms with Crippen molar-refractivity contribution >= 4 is 48.7 Å². The molecule has 1 radical (unpaired) electrons. The van der Waals surface area contributed by atoms with Gasteiger partial charge in [-0.05, 0) is 0 Å². The Hall–Kier alpha value is -2.56. The molecule has 0 aliphatic rings. The van der Waals surface area contributed by atoms with Crippen LogP contribution in [-0.2, 0) is 4.79 Å². The second kappa shape index (κ2) is 7.99. The third kappa shape index (κ3) is 4.41. The normalized spacial score (nSPS) is 11.2. The summed E-state index contributed by atoms with van der Waals surface area (Å²) in [5.41, 5.74) is 0.469. The quantitative estimate of drug-likeness (QED) is 0.555. The topological polar surface area (TPSA) is 96.7 Å². The van der Waals surface area contributed by atoms with E-state index in [1.165, 1.54) is 0 Å². The van der Waals surface area contributed by atoms with Crippen LogP contribution in [0.4, 0.5) is 0 Å². The summed E-state index contributed by atoms with van der Waals surface area (Å²) >= 11 is 4.74. The van der Waals surface area contributed by atoms with Crippen LogP contribution in [0.1, 0.15) is 16.2 Å². The number of aromatic hydroxyl groups is 1. The van der Waals surface area contributed by atoms with Gasteiger partial charge in [0.05, 0.1) is 0 Å². The minimum absolute atomic E-state index is 0.0763. The zero-order chi connectivity index (χ0) is 19.6. The maximum absolute atomic E-state index is 12.2. The van der Waals surface area contributed by atoms with Crippen LogP contribution < -0.4 is 4.74 Å². The molecule has 0 unspecified atom stereocenters. The fourth-order valence-electron chi connectivity index (χ4n) is 2.50. The average Bonchev–Trinajstić information content (AvgIpc) is 2.64. The average molecular weight is 447 g/mol. The number of aliphatic carboxylic acids is 1. The Kier molecular flexibility index (Phi) is 5.68. The zero-order valence-electron chi connectivity index (χ0n) is 14.1. The number of carbonyl (C=O) groups is 2. The molecule has 0 saturated carbocycles. The van der Waals surface area contributed by atoms with Crippen molar-refractivity contribution in [2.45, 2.75) is 12.1 Å². The molecule has 0 aliphatic carbocycles. The van der Waals surface area contributed by atoms with E-state index in [0.717, 1.165) is 0 Å². The van der Waals surface area contributed by atoms with E-state index < -0.39 is 26.3 Å². The molecular weight excluding hydrogens is 433 g/mol. The Morgan fingerprint density at radius 1 is 1.11 bits per heavy atom. The molecule has 1 heterocycles. The van der Waals surface area contributed by atoms with Gasteiger partial charge < -0.3 is 0 Å². The summed E-state index contributed by atoms with van der Waals surface area (Å²) in [4.78, 5) is 27.1. The Morgan fingerprint density at radius 3 is 2.44 bits per heavy atom. The van der Waals surface area contributed by atoms with Crippen LogP contribution in [0.15, 0.2) is 42.5 Å². The van der Waals surface area contributed by atoms with Gasteiger partial charge in [-0.2, -0.15) is 0 Å². The molecule has 137 valence electrons. The first kappa shape index (κ1) is 19.2. The number of ether oxygens (including phenoxy) is 1. The van der Waals surface area contributed by atoms with E-state index in [0.29, 0.717) is 33.0 Å². The number of pyridine rings is 1. The molecule has 0 amide bonds. The molecule has 3 aromatic rings. The van der Waals surface area contributed by atoms with Crippen molar-refractivity contribution in [3.63, 3.8) is 0 Å². The van der Waals surface area contributed by atoms with Crippen molar-refractivity contribution in [1.29, 1.82) is 0 Å². The Morgan fingerprint density at radius 2 is 1.78 bits per heavy atom. The first-order valence-electron chi connectivity index (χ1n) is 7.85. The van der Waals surface area contributed by atoms with Crippen molar-refractivity contribution in [2.75, 3.05) is 0 Å². The van der Waals surface area contributed by atoms with Gasteiger partial charge >= 0.3 is 155 Å². The number of carboxylic acids is 1. The first-order valence-corrected chi connectivity index (χ1v) is 10.5. The number of carbonyl (C=O) groups excluding carboxylic acids is 1. The molecule has 0 atom stereocenters. The minimum atomic E-state index is -1.13. The Bertz CT molecular complexity index is 1040. The molecule has 0 spiro atoms. The number of aromatic nitrogens is 1. The summed E-state index contributed by atoms with van der Waals surface area (Å²) in [7, 11) is 0. The molecule has 0 saturated heterocycles. The molecule has 6 nitrogen and oxygen atoms in total. The number of hydrogen-bond acceptors (Lipinski definition) is 5. The number of rotatable bonds is 6. The molecular formula is C19H14AsClNO5. The van der Waals surface area contributed by atoms with Crippen LogP contribution in [0.3, 0.4) is 0 Å². The molecule has 1 aromatic heterocycles. The van der Waals surface area contributed by atoms with E-state index in [2.05, 4.69) is 4.98 Å². The van der Waals surface area contributed by atoms with Crippen LogP contribution >= 0.6 is 11.6 Å². The monoisotopic (exact) mass is 446 g/mol. The van der Waals surface area contributed by atoms with Crippen molar-refractivity contribution in [3.05, 3.63) is 58.9 Å². The van der Waals surface area contributed by atoms with E-state index in [9.17, 15) is 14.7 Å². The molecule has 2 aromatic carbocycles. The predicted molar refractivity (Wildman–Crippen MR) is 102 cm³/mol. The Labute approximate surface area is 166 Å². The summed E-state index contributed by atoms with van der Waals surface area (Å²) in [5, 5.41) is 20.7. The van der Waals surface area contributed by atoms with Crippen LogP contribution in [-0.4, -0.2) is 41.5 Å². The number of fused-ring (bicyclic) bond motifs is 1. The molecule has 0 bridgehead atoms. The summed E-state index contributed by atoms with van der Waals surface area (Å²) in [6.07, 6.45) is 0. The summed E-state index contributed by atoms with van der Waals surface area (Å²) in [6, 6.07) is 12.0. The van der Waals surface area contributed by atoms with Gasteiger partial charge in [-0.1, -0.05) is 11.6 Å². The van der Waals surface area contributed by atoms with Crippen LogP contribution in [0.25, 0.3) is 10.8 Å². The molecule has 0 fully saturated rings. The predicted octanol–water partition coefficient (Wildman–Crippen LogP) is 4.04. The van der Waals surface area contributed by atoms with Crippen molar-refractivity contribution in [1.82, 2.24) is 4.98 Å². The molecule has 0 aliphatic heterocycles. The zero-order valence-corrected chi connectivity index (χ0v) is 16.8. The second-order valence-corrected chi connectivity index (χ2v) is 8.29. The standard InChI is InChI=1S/C19H14AsClNO5/c1-10-15-8-13(27-12-4-2-11(21)3-5-12)6-7-14(15)18(25)17(22-10)19(26)20-9-16(23)24/h2-8,25H,9H2,1H3,(H,23,24). The van der Waals surface area contributed by atoms with Crippen molar-refractivity contribution in [3.8, 4) is 17.2 Å². The number of halogens is 1. The molecule has 8 heteroatoms. The van der Waals surface area contributed by atoms with Gasteiger partial charge in [0.2, 0.25) is 0 Å². The van der Waals surface area contributed by atoms with Gasteiger partial charge in [0, 0.05) is 0 Å². The first-order chi connectivity index (χ1) is 12.8. The van der Waals surface area contributed by atoms with Gasteiger partial charge in [-0.15, -0.1) is 0 Å². The number of hydrogen-bond donors (Lipinski definition) is 2. The van der Waals surface area contributed by atoms with E-state index >= 15 is 0 Å². The van der Waals surface area contributed by atoms with Gasteiger partial charge in [-0.25, -0.2) is 0 Å². The second-order valence-electron chi connectivity index (χ2n) is 5.67. The Balaban J connectivity index is 1.94. The summed E-state index contributed by atoms with van der Waals surface area (Å²) in [6.45, 7) is 1.72. The summed E-state index contributed by atoms with van der Waals surface area (Å²) < 4.78 is 5.36. The van der Waals surface area contributed by atoms with Gasteiger partial charge in [-0.3, -0.25) is 0 Å². The van der Waals surface area contributed by atoms with E-state index in [-0.39, 0.29) is 16.7 Å². The molecule has 27 heavy (non-hydrogen) atoms. The third-order valence-corrected chi connectivity index (χ3v) is 5.95. The van der Waals surface area contributed by atoms with Crippen LogP contribution in [0, 0.1) is 6.92 Å². The van der Waals surface area contributed by atoms with Gasteiger partial charge in [0.1, 0.15) is 0 Å². The third-order valence-electron chi connectivity index (χ3n) is 3.75. The molecule has 3 rings (SSSR count). The van der Waals surface area contributed by atoms with Gasteiger partial charge in [0.15, 0.2) is 0 Å². The van der Waals surface area contributed by atoms with Crippen molar-refractivity contribution in [2.24, 2.45) is 0 Å². The van der Waals surface area contributed by atoms with E-state index in [4.69, 9.17) is 21.4 Å². The van der Waals surface area contributed by atoms with E-state index in [1.807, 2.05) is 0 Å². The fourth-order valence-corrected chi connectivity index (χ4v) is 3.86. The summed E-state index contributed by atoms with van der Waals surface area (Å²) in [5.74, 6) is -0.118. The number of carboxylic acid groups (broad SMARTS) is 1. The number of nitrogens with zero attached hydrogens (tertiary/aromatic N) is 1. The van der Waals surface area contributed by atoms with E-state index in [1.54, 1.807) is 49.4 Å². The number of benzene rings is 2. The SMILES string of the molecule is Cc1nc(C(=O)[As]CC(=O)O)c(O)c2ccc(Oc3ccc(Cl)cc3)cc12. The van der Waals surface area contributed by atoms with Crippen LogP contribution in [0.5, 0.6) is 17.2 Å².